The SMILES string of the molecule is CC(C)(C)N(O)/C=C1\C=CC=N1. The second-order valence-corrected chi connectivity index (χ2v) is 3.71. The van der Waals surface area contributed by atoms with E-state index in [4.69, 9.17) is 0 Å². The van der Waals surface area contributed by atoms with Crippen molar-refractivity contribution in [2.75, 3.05) is 0 Å². The predicted molar refractivity (Wildman–Crippen MR) is 49.1 cm³/mol. The Hall–Kier alpha value is -1.09. The first-order valence-electron chi connectivity index (χ1n) is 3.91. The topological polar surface area (TPSA) is 35.8 Å². The van der Waals surface area contributed by atoms with Gasteiger partial charge in [-0.15, -0.1) is 0 Å². The quantitative estimate of drug-likeness (QED) is 0.604. The van der Waals surface area contributed by atoms with Gasteiger partial charge in [0.05, 0.1) is 17.4 Å². The lowest BCUT2D eigenvalue weighted by molar-refractivity contribution is -0.110. The van der Waals surface area contributed by atoms with Crippen LogP contribution in [0.4, 0.5) is 0 Å². The van der Waals surface area contributed by atoms with Crippen LogP contribution in [0.5, 0.6) is 0 Å². The van der Waals surface area contributed by atoms with E-state index in [9.17, 15) is 5.21 Å². The van der Waals surface area contributed by atoms with Gasteiger partial charge in [0.25, 0.3) is 0 Å². The summed E-state index contributed by atoms with van der Waals surface area (Å²) < 4.78 is 0. The molecule has 0 saturated heterocycles. The van der Waals surface area contributed by atoms with Gasteiger partial charge in [0.2, 0.25) is 0 Å². The van der Waals surface area contributed by atoms with Gasteiger partial charge in [-0.25, -0.2) is 0 Å². The van der Waals surface area contributed by atoms with Crippen LogP contribution in [-0.4, -0.2) is 22.0 Å². The maximum absolute atomic E-state index is 9.50. The van der Waals surface area contributed by atoms with E-state index in [1.54, 1.807) is 12.4 Å². The third-order valence-electron chi connectivity index (χ3n) is 1.52. The molecule has 3 heteroatoms. The highest BCUT2D eigenvalue weighted by Crippen LogP contribution is 2.14. The van der Waals surface area contributed by atoms with Crippen molar-refractivity contribution >= 4 is 6.21 Å². The molecule has 0 saturated carbocycles. The van der Waals surface area contributed by atoms with Gasteiger partial charge in [0, 0.05) is 6.21 Å². The molecule has 0 unspecified atom stereocenters. The lowest BCUT2D eigenvalue weighted by Crippen LogP contribution is -2.34. The summed E-state index contributed by atoms with van der Waals surface area (Å²) >= 11 is 0. The van der Waals surface area contributed by atoms with E-state index in [-0.39, 0.29) is 5.54 Å². The molecular formula is C9H14N2O. The zero-order valence-corrected chi connectivity index (χ0v) is 7.65. The van der Waals surface area contributed by atoms with Crippen LogP contribution in [0.25, 0.3) is 0 Å². The minimum atomic E-state index is -0.279. The van der Waals surface area contributed by atoms with Gasteiger partial charge in [0.15, 0.2) is 0 Å². The number of aliphatic imine (C=N–C) groups is 1. The predicted octanol–water partition coefficient (Wildman–Crippen LogP) is 1.96. The lowest BCUT2D eigenvalue weighted by Gasteiger charge is -2.28. The molecule has 0 aromatic heterocycles. The monoisotopic (exact) mass is 166 g/mol. The van der Waals surface area contributed by atoms with Crippen molar-refractivity contribution in [1.29, 1.82) is 0 Å². The Morgan fingerprint density at radius 3 is 2.58 bits per heavy atom. The smallest absolute Gasteiger partial charge is 0.0813 e. The Kier molecular flexibility index (Phi) is 2.33. The van der Waals surface area contributed by atoms with Crippen LogP contribution in [0.1, 0.15) is 20.8 Å². The Bertz CT molecular complexity index is 232. The van der Waals surface area contributed by atoms with Crippen molar-refractivity contribution in [3.8, 4) is 0 Å². The van der Waals surface area contributed by atoms with Gasteiger partial charge >= 0.3 is 0 Å². The van der Waals surface area contributed by atoms with E-state index in [2.05, 4.69) is 4.99 Å². The average Bonchev–Trinajstić information content (AvgIpc) is 2.37. The maximum atomic E-state index is 9.50. The molecule has 1 rings (SSSR count). The number of allylic oxidation sites excluding steroid dienone is 2. The van der Waals surface area contributed by atoms with Crippen molar-refractivity contribution in [3.63, 3.8) is 0 Å². The maximum Gasteiger partial charge on any atom is 0.0813 e. The lowest BCUT2D eigenvalue weighted by atomic mass is 10.1. The number of nitrogens with zero attached hydrogens (tertiary/aromatic N) is 2. The Morgan fingerprint density at radius 2 is 2.17 bits per heavy atom. The molecule has 0 amide bonds. The van der Waals surface area contributed by atoms with Gasteiger partial charge in [-0.05, 0) is 32.9 Å². The Labute approximate surface area is 72.7 Å². The fraction of sp³-hybridized carbons (Fsp3) is 0.444. The molecule has 0 atom stereocenters. The van der Waals surface area contributed by atoms with Gasteiger partial charge in [-0.1, -0.05) is 0 Å². The van der Waals surface area contributed by atoms with E-state index in [1.807, 2.05) is 32.9 Å². The number of hydroxylamine groups is 2. The summed E-state index contributed by atoms with van der Waals surface area (Å²) in [6.07, 6.45) is 6.99. The van der Waals surface area contributed by atoms with Crippen molar-refractivity contribution in [2.24, 2.45) is 4.99 Å². The molecule has 3 nitrogen and oxygen atoms in total. The summed E-state index contributed by atoms with van der Waals surface area (Å²) in [7, 11) is 0. The molecule has 0 fully saturated rings. The minimum Gasteiger partial charge on any atom is -0.288 e. The first-order chi connectivity index (χ1) is 5.50. The van der Waals surface area contributed by atoms with Crippen molar-refractivity contribution in [2.45, 2.75) is 26.3 Å². The molecule has 0 aromatic rings. The van der Waals surface area contributed by atoms with Gasteiger partial charge in [-0.3, -0.25) is 15.3 Å². The normalized spacial score (nSPS) is 19.2. The highest BCUT2D eigenvalue weighted by Gasteiger charge is 2.16. The molecule has 1 aliphatic rings. The summed E-state index contributed by atoms with van der Waals surface area (Å²) in [4.78, 5) is 4.01. The fourth-order valence-electron chi connectivity index (χ4n) is 0.709. The van der Waals surface area contributed by atoms with Crippen molar-refractivity contribution in [3.05, 3.63) is 24.0 Å². The zero-order valence-electron chi connectivity index (χ0n) is 7.65. The highest BCUT2D eigenvalue weighted by molar-refractivity contribution is 5.76. The van der Waals surface area contributed by atoms with Crippen LogP contribution in [0, 0.1) is 0 Å². The summed E-state index contributed by atoms with van der Waals surface area (Å²) in [6, 6.07) is 0. The van der Waals surface area contributed by atoms with Crippen LogP contribution in [0.2, 0.25) is 0 Å². The third-order valence-corrected chi connectivity index (χ3v) is 1.52. The van der Waals surface area contributed by atoms with Crippen LogP contribution in [0.3, 0.4) is 0 Å². The first kappa shape index (κ1) is 9.00. The van der Waals surface area contributed by atoms with Gasteiger partial charge < -0.3 is 0 Å². The number of hydrogen-bond acceptors (Lipinski definition) is 3. The van der Waals surface area contributed by atoms with E-state index in [0.29, 0.717) is 0 Å². The standard InChI is InChI=1S/C9H14N2O/c1-9(2,3)11(12)7-8-5-4-6-10-8/h4-7,12H,1-3H3/b8-7+. The average molecular weight is 166 g/mol. The van der Waals surface area contributed by atoms with Gasteiger partial charge in [0.1, 0.15) is 0 Å². The second kappa shape index (κ2) is 3.11. The van der Waals surface area contributed by atoms with Crippen LogP contribution < -0.4 is 0 Å². The van der Waals surface area contributed by atoms with Crippen molar-refractivity contribution < 1.29 is 5.21 Å². The Balaban J connectivity index is 2.67. The molecule has 0 radical (unpaired) electrons. The molecule has 0 aromatic carbocycles. The van der Waals surface area contributed by atoms with E-state index < -0.39 is 0 Å². The summed E-state index contributed by atoms with van der Waals surface area (Å²) in [5, 5.41) is 10.7. The third kappa shape index (κ3) is 2.20. The molecule has 1 N–H and O–H groups in total. The summed E-state index contributed by atoms with van der Waals surface area (Å²) in [5.41, 5.74) is 0.492. The van der Waals surface area contributed by atoms with E-state index in [1.165, 1.54) is 0 Å². The molecule has 1 heterocycles. The molecule has 1 aliphatic heterocycles. The van der Waals surface area contributed by atoms with E-state index >= 15 is 0 Å². The van der Waals surface area contributed by atoms with Crippen LogP contribution in [-0.2, 0) is 0 Å². The van der Waals surface area contributed by atoms with Gasteiger partial charge in [-0.2, -0.15) is 0 Å². The van der Waals surface area contributed by atoms with Crippen LogP contribution >= 0.6 is 0 Å². The Morgan fingerprint density at radius 1 is 1.50 bits per heavy atom. The van der Waals surface area contributed by atoms with E-state index in [0.717, 1.165) is 10.8 Å². The number of rotatable bonds is 1. The fourth-order valence-corrected chi connectivity index (χ4v) is 0.709. The molecule has 66 valence electrons. The first-order valence-corrected chi connectivity index (χ1v) is 3.91. The molecule has 12 heavy (non-hydrogen) atoms. The number of hydrogen-bond donors (Lipinski definition) is 1. The summed E-state index contributed by atoms with van der Waals surface area (Å²) in [6.45, 7) is 5.77. The second-order valence-electron chi connectivity index (χ2n) is 3.71. The largest absolute Gasteiger partial charge is 0.288 e. The van der Waals surface area contributed by atoms with Crippen LogP contribution in [0.15, 0.2) is 29.0 Å². The van der Waals surface area contributed by atoms with Crippen molar-refractivity contribution in [1.82, 2.24) is 5.06 Å². The minimum absolute atomic E-state index is 0.279. The molecule has 0 aliphatic carbocycles. The highest BCUT2D eigenvalue weighted by atomic mass is 16.5. The molecule has 0 bridgehead atoms. The zero-order chi connectivity index (χ0) is 9.19. The summed E-state index contributed by atoms with van der Waals surface area (Å²) in [5.74, 6) is 0. The molecule has 0 spiro atoms. The molecular weight excluding hydrogens is 152 g/mol.